The van der Waals surface area contributed by atoms with Crippen LogP contribution in [0.1, 0.15) is 42.7 Å². The zero-order valence-corrected chi connectivity index (χ0v) is 16.5. The lowest BCUT2D eigenvalue weighted by atomic mass is 10.1. The predicted molar refractivity (Wildman–Crippen MR) is 101 cm³/mol. The van der Waals surface area contributed by atoms with E-state index >= 15 is 0 Å². The summed E-state index contributed by atoms with van der Waals surface area (Å²) in [5, 5.41) is 18.3. The smallest absolute Gasteiger partial charge is 0.348 e. The van der Waals surface area contributed by atoms with Gasteiger partial charge in [0, 0.05) is 18.6 Å². The van der Waals surface area contributed by atoms with E-state index < -0.39 is 5.54 Å². The summed E-state index contributed by atoms with van der Waals surface area (Å²) in [6.45, 7) is 6.85. The highest BCUT2D eigenvalue weighted by atomic mass is 16.2. The molecule has 1 aliphatic heterocycles. The second-order valence-corrected chi connectivity index (χ2v) is 7.80. The highest BCUT2D eigenvalue weighted by Gasteiger charge is 2.29. The van der Waals surface area contributed by atoms with Crippen LogP contribution in [0.5, 0.6) is 0 Å². The minimum atomic E-state index is -0.485. The Balaban J connectivity index is 1.52. The Bertz CT molecular complexity index is 928. The maximum Gasteiger partial charge on any atom is 0.348 e. The van der Waals surface area contributed by atoms with E-state index in [-0.39, 0.29) is 24.4 Å². The average molecular weight is 384 g/mol. The molecule has 0 aliphatic carbocycles. The first-order valence-electron chi connectivity index (χ1n) is 9.38. The zero-order valence-electron chi connectivity index (χ0n) is 16.5. The maximum atomic E-state index is 12.5. The summed E-state index contributed by atoms with van der Waals surface area (Å²) < 4.78 is 1.70. The van der Waals surface area contributed by atoms with Gasteiger partial charge in [0.1, 0.15) is 17.8 Å². The fourth-order valence-corrected chi connectivity index (χ4v) is 3.25. The second-order valence-electron chi connectivity index (χ2n) is 7.80. The highest BCUT2D eigenvalue weighted by molar-refractivity contribution is 5.93. The first-order chi connectivity index (χ1) is 13.3. The number of aromatic nitrogens is 3. The lowest BCUT2D eigenvalue weighted by molar-refractivity contribution is -0.579. The van der Waals surface area contributed by atoms with Gasteiger partial charge in [0.25, 0.3) is 5.91 Å². The average Bonchev–Trinajstić information content (AvgIpc) is 3.28. The highest BCUT2D eigenvalue weighted by Crippen LogP contribution is 2.16. The number of hydrogen-bond donors (Lipinski definition) is 3. The number of nitriles is 1. The molecule has 0 radical (unpaired) electrons. The van der Waals surface area contributed by atoms with Crippen LogP contribution in [-0.4, -0.2) is 58.0 Å². The van der Waals surface area contributed by atoms with Crippen molar-refractivity contribution in [2.45, 2.75) is 45.2 Å². The van der Waals surface area contributed by atoms with Crippen LogP contribution >= 0.6 is 0 Å². The van der Waals surface area contributed by atoms with Crippen molar-refractivity contribution in [2.75, 3.05) is 19.6 Å². The van der Waals surface area contributed by atoms with E-state index in [1.807, 2.05) is 26.8 Å². The van der Waals surface area contributed by atoms with E-state index in [0.717, 1.165) is 24.2 Å². The molecule has 2 aromatic heterocycles. The number of carbonyl (C=O) groups excluding carboxylic acids is 2. The van der Waals surface area contributed by atoms with Gasteiger partial charge in [-0.15, -0.1) is 4.52 Å². The number of H-pyrrole nitrogens is 1. The van der Waals surface area contributed by atoms with Gasteiger partial charge in [-0.3, -0.25) is 9.59 Å². The molecule has 148 valence electrons. The largest absolute Gasteiger partial charge is 0.350 e. The minimum absolute atomic E-state index is 0.0865. The molecule has 1 aliphatic rings. The predicted octanol–water partition coefficient (Wildman–Crippen LogP) is 0.0694. The molecule has 0 bridgehead atoms. The van der Waals surface area contributed by atoms with E-state index in [9.17, 15) is 9.59 Å². The van der Waals surface area contributed by atoms with Crippen LogP contribution in [0.15, 0.2) is 18.5 Å². The third-order valence-corrected chi connectivity index (χ3v) is 4.89. The summed E-state index contributed by atoms with van der Waals surface area (Å²) in [7, 11) is 0. The van der Waals surface area contributed by atoms with E-state index in [1.54, 1.807) is 15.6 Å². The molecular formula is C19H26N7O2+. The molecule has 3 heterocycles. The number of amides is 2. The van der Waals surface area contributed by atoms with Crippen molar-refractivity contribution >= 4 is 17.5 Å². The lowest BCUT2D eigenvalue weighted by Crippen LogP contribution is -2.52. The van der Waals surface area contributed by atoms with Crippen molar-refractivity contribution in [1.82, 2.24) is 25.6 Å². The van der Waals surface area contributed by atoms with E-state index in [1.165, 1.54) is 6.20 Å². The number of rotatable bonds is 6. The molecule has 2 amide bonds. The molecule has 2 aromatic rings. The molecule has 0 aromatic carbocycles. The Morgan fingerprint density at radius 2 is 2.29 bits per heavy atom. The van der Waals surface area contributed by atoms with Gasteiger partial charge in [0.2, 0.25) is 5.91 Å². The Kier molecular flexibility index (Phi) is 5.61. The van der Waals surface area contributed by atoms with Crippen LogP contribution in [-0.2, 0) is 4.79 Å². The van der Waals surface area contributed by atoms with Crippen LogP contribution in [0, 0.1) is 18.3 Å². The van der Waals surface area contributed by atoms with Crippen molar-refractivity contribution in [3.8, 4) is 6.07 Å². The molecular weight excluding hydrogens is 358 g/mol. The van der Waals surface area contributed by atoms with Crippen LogP contribution < -0.4 is 15.1 Å². The van der Waals surface area contributed by atoms with Crippen LogP contribution in [0.2, 0.25) is 0 Å². The van der Waals surface area contributed by atoms with Gasteiger partial charge < -0.3 is 15.5 Å². The van der Waals surface area contributed by atoms with Gasteiger partial charge >= 0.3 is 5.65 Å². The van der Waals surface area contributed by atoms with Crippen LogP contribution in [0.3, 0.4) is 0 Å². The molecule has 1 saturated heterocycles. The molecule has 9 nitrogen and oxygen atoms in total. The Hall–Kier alpha value is -2.99. The SMILES string of the molecule is Cc1cc2ncc(C(=O)NCC(C)(C)NCC(=O)N3CCC[C@H]3C#N)c[n+]2[nH]1. The standard InChI is InChI=1S/C19H25N7O2/c1-13-7-16-21-9-14(11-26(16)24-13)18(28)22-12-19(2,3)23-10-17(27)25-6-4-5-15(25)8-20/h7,9,11,15,23H,4-6,10,12H2,1-3H3,(H,22,28)/p+1/t15-/m0/s1. The molecule has 1 atom stereocenters. The van der Waals surface area contributed by atoms with E-state index in [4.69, 9.17) is 5.26 Å². The summed E-state index contributed by atoms with van der Waals surface area (Å²) in [6, 6.07) is 3.74. The molecule has 0 unspecified atom stereocenters. The third kappa shape index (κ3) is 4.46. The summed E-state index contributed by atoms with van der Waals surface area (Å²) in [5.74, 6) is -0.323. The van der Waals surface area contributed by atoms with Crippen LogP contribution in [0.25, 0.3) is 5.65 Å². The molecule has 9 heteroatoms. The quantitative estimate of drug-likeness (QED) is 0.609. The molecule has 0 spiro atoms. The van der Waals surface area contributed by atoms with Gasteiger partial charge in [-0.2, -0.15) is 5.26 Å². The Morgan fingerprint density at radius 1 is 1.50 bits per heavy atom. The molecule has 28 heavy (non-hydrogen) atoms. The summed E-state index contributed by atoms with van der Waals surface area (Å²) in [6.07, 6.45) is 4.83. The minimum Gasteiger partial charge on any atom is -0.350 e. The first kappa shape index (κ1) is 19.8. The van der Waals surface area contributed by atoms with Crippen molar-refractivity contribution in [3.63, 3.8) is 0 Å². The summed E-state index contributed by atoms with van der Waals surface area (Å²) >= 11 is 0. The third-order valence-electron chi connectivity index (χ3n) is 4.89. The number of aryl methyl sites for hydroxylation is 1. The second kappa shape index (κ2) is 7.94. The lowest BCUT2D eigenvalue weighted by Gasteiger charge is -2.28. The molecule has 1 fully saturated rings. The van der Waals surface area contributed by atoms with Gasteiger partial charge in [-0.1, -0.05) is 0 Å². The van der Waals surface area contributed by atoms with Crippen molar-refractivity contribution < 1.29 is 14.1 Å². The Labute approximate surface area is 163 Å². The van der Waals surface area contributed by atoms with E-state index in [2.05, 4.69) is 26.8 Å². The van der Waals surface area contributed by atoms with Crippen molar-refractivity contribution in [2.24, 2.45) is 0 Å². The Morgan fingerprint density at radius 3 is 3.04 bits per heavy atom. The van der Waals surface area contributed by atoms with Gasteiger partial charge in [0.05, 0.1) is 24.4 Å². The van der Waals surface area contributed by atoms with Crippen molar-refractivity contribution in [1.29, 1.82) is 5.26 Å². The van der Waals surface area contributed by atoms with Crippen molar-refractivity contribution in [3.05, 3.63) is 29.7 Å². The number of carbonyl (C=O) groups is 2. The van der Waals surface area contributed by atoms with Crippen LogP contribution in [0.4, 0.5) is 0 Å². The topological polar surface area (TPSA) is 118 Å². The molecule has 3 rings (SSSR count). The fraction of sp³-hybridized carbons (Fsp3) is 0.526. The molecule has 0 saturated carbocycles. The van der Waals surface area contributed by atoms with Gasteiger partial charge in [-0.05, 0) is 38.6 Å². The zero-order chi connectivity index (χ0) is 20.3. The monoisotopic (exact) mass is 384 g/mol. The number of nitrogens with zero attached hydrogens (tertiary/aromatic N) is 4. The molecule has 3 N–H and O–H groups in total. The first-order valence-corrected chi connectivity index (χ1v) is 9.38. The fourth-order valence-electron chi connectivity index (χ4n) is 3.25. The number of hydrogen-bond acceptors (Lipinski definition) is 5. The van der Waals surface area contributed by atoms with Gasteiger partial charge in [-0.25, -0.2) is 5.10 Å². The van der Waals surface area contributed by atoms with Gasteiger partial charge in [0.15, 0.2) is 6.20 Å². The summed E-state index contributed by atoms with van der Waals surface area (Å²) in [5.41, 5.74) is 1.66. The van der Waals surface area contributed by atoms with E-state index in [0.29, 0.717) is 18.7 Å². The number of fused-ring (bicyclic) bond motifs is 1. The summed E-state index contributed by atoms with van der Waals surface area (Å²) in [4.78, 5) is 30.7. The number of nitrogens with one attached hydrogen (secondary N) is 3. The number of aromatic amines is 1. The normalized spacial score (nSPS) is 16.9. The maximum absolute atomic E-state index is 12.5. The number of likely N-dealkylation sites (tertiary alicyclic amines) is 1.